The van der Waals surface area contributed by atoms with Crippen LogP contribution in [-0.2, 0) is 10.0 Å². The Morgan fingerprint density at radius 3 is 1.83 bits per heavy atom. The summed E-state index contributed by atoms with van der Waals surface area (Å²) in [5, 5.41) is 3.12. The van der Waals surface area contributed by atoms with Gasteiger partial charge in [-0.2, -0.15) is 0 Å². The van der Waals surface area contributed by atoms with Crippen molar-refractivity contribution in [1.29, 1.82) is 0 Å². The van der Waals surface area contributed by atoms with Gasteiger partial charge < -0.3 is 5.32 Å². The molecule has 0 atom stereocenters. The average molecular weight is 272 g/mol. The normalized spacial score (nSPS) is 26.7. The zero-order valence-electron chi connectivity index (χ0n) is 11.0. The molecular weight excluding hydrogens is 248 g/mol. The Labute approximate surface area is 110 Å². The van der Waals surface area contributed by atoms with Crippen LogP contribution in [0.4, 0.5) is 0 Å². The highest BCUT2D eigenvalue weighted by atomic mass is 32.2. The molecular formula is C13H24N2O2S. The Balaban J connectivity index is 1.68. The average Bonchev–Trinajstić information content (AvgIpc) is 3.24. The summed E-state index contributed by atoms with van der Waals surface area (Å²) in [6.07, 6.45) is 6.47. The number of nitrogens with one attached hydrogen (secondary N) is 1. The van der Waals surface area contributed by atoms with Gasteiger partial charge in [0.05, 0.1) is 5.25 Å². The molecule has 3 fully saturated rings. The summed E-state index contributed by atoms with van der Waals surface area (Å²) in [6, 6.07) is 0. The van der Waals surface area contributed by atoms with E-state index in [1.165, 1.54) is 25.7 Å². The molecule has 4 nitrogen and oxygen atoms in total. The summed E-state index contributed by atoms with van der Waals surface area (Å²) in [7, 11) is -3.04. The van der Waals surface area contributed by atoms with Crippen molar-refractivity contribution in [3.63, 3.8) is 0 Å². The Bertz CT molecular complexity index is 368. The molecule has 104 valence electrons. The van der Waals surface area contributed by atoms with E-state index in [9.17, 15) is 8.42 Å². The molecule has 18 heavy (non-hydrogen) atoms. The molecule has 0 aromatic heterocycles. The summed E-state index contributed by atoms with van der Waals surface area (Å²) in [5.41, 5.74) is 0. The van der Waals surface area contributed by atoms with E-state index >= 15 is 0 Å². The zero-order chi connectivity index (χ0) is 12.6. The van der Waals surface area contributed by atoms with Crippen LogP contribution in [0, 0.1) is 11.8 Å². The number of nitrogens with zero attached hydrogens (tertiary/aromatic N) is 1. The first kappa shape index (κ1) is 12.9. The second kappa shape index (κ2) is 5.10. The van der Waals surface area contributed by atoms with Crippen molar-refractivity contribution in [3.8, 4) is 0 Å². The number of hydrogen-bond donors (Lipinski definition) is 1. The van der Waals surface area contributed by atoms with Crippen molar-refractivity contribution in [2.75, 3.05) is 26.2 Å². The van der Waals surface area contributed by atoms with Gasteiger partial charge in [-0.25, -0.2) is 12.7 Å². The Hall–Kier alpha value is -0.130. The molecule has 2 aliphatic carbocycles. The molecule has 0 radical (unpaired) electrons. The predicted molar refractivity (Wildman–Crippen MR) is 71.8 cm³/mol. The summed E-state index contributed by atoms with van der Waals surface area (Å²) < 4.78 is 27.3. The molecule has 0 spiro atoms. The van der Waals surface area contributed by atoms with E-state index in [-0.39, 0.29) is 5.25 Å². The van der Waals surface area contributed by atoms with Crippen LogP contribution >= 0.6 is 0 Å². The summed E-state index contributed by atoms with van der Waals surface area (Å²) in [6.45, 7) is 3.29. The lowest BCUT2D eigenvalue weighted by atomic mass is 10.2. The van der Waals surface area contributed by atoms with E-state index < -0.39 is 10.0 Å². The second-order valence-corrected chi connectivity index (χ2v) is 8.41. The third kappa shape index (κ3) is 3.06. The highest BCUT2D eigenvalue weighted by Gasteiger charge is 2.38. The smallest absolute Gasteiger partial charge is 0.217 e. The molecule has 0 aromatic rings. The molecule has 2 saturated carbocycles. The summed E-state index contributed by atoms with van der Waals surface area (Å²) in [5.74, 6) is 1.31. The van der Waals surface area contributed by atoms with Gasteiger partial charge in [-0.15, -0.1) is 0 Å². The quantitative estimate of drug-likeness (QED) is 0.790. The lowest BCUT2D eigenvalue weighted by molar-refractivity contribution is 0.366. The third-order valence-corrected chi connectivity index (χ3v) is 6.72. The van der Waals surface area contributed by atoms with Gasteiger partial charge in [0, 0.05) is 13.1 Å². The maximum atomic E-state index is 12.7. The van der Waals surface area contributed by atoms with Crippen LogP contribution in [0.15, 0.2) is 0 Å². The number of rotatable bonds is 6. The molecule has 5 heteroatoms. The number of hydrogen-bond acceptors (Lipinski definition) is 3. The van der Waals surface area contributed by atoms with Gasteiger partial charge in [-0.05, 0) is 63.5 Å². The monoisotopic (exact) mass is 272 g/mol. The van der Waals surface area contributed by atoms with Crippen molar-refractivity contribution >= 4 is 10.0 Å². The Morgan fingerprint density at radius 2 is 1.39 bits per heavy atom. The van der Waals surface area contributed by atoms with Crippen LogP contribution < -0.4 is 5.32 Å². The van der Waals surface area contributed by atoms with Gasteiger partial charge in [-0.3, -0.25) is 0 Å². The molecule has 1 saturated heterocycles. The first-order chi connectivity index (χ1) is 8.66. The van der Waals surface area contributed by atoms with Crippen LogP contribution in [0.3, 0.4) is 0 Å². The van der Waals surface area contributed by atoms with Crippen LogP contribution in [-0.4, -0.2) is 44.2 Å². The van der Waals surface area contributed by atoms with Crippen molar-refractivity contribution in [1.82, 2.24) is 9.62 Å². The van der Waals surface area contributed by atoms with Crippen LogP contribution in [0.5, 0.6) is 0 Å². The minimum absolute atomic E-state index is 0.128. The molecule has 3 rings (SSSR count). The molecule has 1 heterocycles. The minimum Gasteiger partial charge on any atom is -0.317 e. The highest BCUT2D eigenvalue weighted by molar-refractivity contribution is 7.89. The molecule has 0 amide bonds. The SMILES string of the molecule is O=S(=O)(C1CCNCC1)N(CC1CC1)CC1CC1. The molecule has 0 unspecified atom stereocenters. The fraction of sp³-hybridized carbons (Fsp3) is 1.00. The van der Waals surface area contributed by atoms with Gasteiger partial charge in [0.1, 0.15) is 0 Å². The van der Waals surface area contributed by atoms with Crippen molar-refractivity contribution in [3.05, 3.63) is 0 Å². The third-order valence-electron chi connectivity index (χ3n) is 4.38. The van der Waals surface area contributed by atoms with E-state index in [1.807, 2.05) is 4.31 Å². The topological polar surface area (TPSA) is 49.4 Å². The van der Waals surface area contributed by atoms with Gasteiger partial charge >= 0.3 is 0 Å². The molecule has 0 bridgehead atoms. The summed E-state index contributed by atoms with van der Waals surface area (Å²) >= 11 is 0. The molecule has 1 aliphatic heterocycles. The molecule has 3 aliphatic rings. The van der Waals surface area contributed by atoms with E-state index in [4.69, 9.17) is 0 Å². The van der Waals surface area contributed by atoms with Crippen LogP contribution in [0.25, 0.3) is 0 Å². The van der Waals surface area contributed by atoms with Crippen molar-refractivity contribution < 1.29 is 8.42 Å². The maximum Gasteiger partial charge on any atom is 0.217 e. The first-order valence-corrected chi connectivity index (χ1v) is 8.86. The second-order valence-electron chi connectivity index (χ2n) is 6.20. The standard InChI is InChI=1S/C13H24N2O2S/c16-18(17,13-5-7-14-8-6-13)15(9-11-1-2-11)10-12-3-4-12/h11-14H,1-10H2. The van der Waals surface area contributed by atoms with E-state index in [0.29, 0.717) is 11.8 Å². The van der Waals surface area contributed by atoms with Gasteiger partial charge in [0.2, 0.25) is 10.0 Å². The van der Waals surface area contributed by atoms with Gasteiger partial charge in [-0.1, -0.05) is 0 Å². The maximum absolute atomic E-state index is 12.7. The lowest BCUT2D eigenvalue weighted by Crippen LogP contribution is -2.45. The summed E-state index contributed by atoms with van der Waals surface area (Å²) in [4.78, 5) is 0. The van der Waals surface area contributed by atoms with Gasteiger partial charge in [0.25, 0.3) is 0 Å². The lowest BCUT2D eigenvalue weighted by Gasteiger charge is -2.30. The molecule has 1 N–H and O–H groups in total. The number of piperidine rings is 1. The van der Waals surface area contributed by atoms with E-state index in [1.54, 1.807) is 0 Å². The largest absolute Gasteiger partial charge is 0.317 e. The fourth-order valence-electron chi connectivity index (χ4n) is 2.76. The van der Waals surface area contributed by atoms with Crippen LogP contribution in [0.1, 0.15) is 38.5 Å². The van der Waals surface area contributed by atoms with Gasteiger partial charge in [0.15, 0.2) is 0 Å². The van der Waals surface area contributed by atoms with Crippen molar-refractivity contribution in [2.24, 2.45) is 11.8 Å². The van der Waals surface area contributed by atoms with Crippen molar-refractivity contribution in [2.45, 2.75) is 43.8 Å². The van der Waals surface area contributed by atoms with E-state index in [0.717, 1.165) is 39.0 Å². The van der Waals surface area contributed by atoms with Crippen LogP contribution in [0.2, 0.25) is 0 Å². The highest BCUT2D eigenvalue weighted by Crippen LogP contribution is 2.36. The Morgan fingerprint density at radius 1 is 0.889 bits per heavy atom. The van der Waals surface area contributed by atoms with E-state index in [2.05, 4.69) is 5.32 Å². The fourth-order valence-corrected chi connectivity index (χ4v) is 4.85. The predicted octanol–water partition coefficient (Wildman–Crippen LogP) is 1.19. The number of sulfonamides is 1. The zero-order valence-corrected chi connectivity index (χ0v) is 11.8. The minimum atomic E-state index is -3.04. The first-order valence-electron chi connectivity index (χ1n) is 7.36. The Kier molecular flexibility index (Phi) is 3.65. The molecule has 0 aromatic carbocycles.